The summed E-state index contributed by atoms with van der Waals surface area (Å²) in [7, 11) is 0. The number of rotatable bonds is 9. The Hall–Kier alpha value is -2.26. The van der Waals surface area contributed by atoms with Crippen molar-refractivity contribution in [1.82, 2.24) is 20.9 Å². The quantitative estimate of drug-likeness (QED) is 0.320. The minimum Gasteiger partial charge on any atom is -0.469 e. The van der Waals surface area contributed by atoms with Gasteiger partial charge in [0.2, 0.25) is 0 Å². The van der Waals surface area contributed by atoms with Gasteiger partial charge in [0.15, 0.2) is 5.96 Å². The van der Waals surface area contributed by atoms with E-state index in [-0.39, 0.29) is 0 Å². The summed E-state index contributed by atoms with van der Waals surface area (Å²) < 4.78 is 16.0. The Bertz CT molecular complexity index is 607. The van der Waals surface area contributed by atoms with E-state index in [0.29, 0.717) is 26.2 Å². The fourth-order valence-electron chi connectivity index (χ4n) is 2.72. The highest BCUT2D eigenvalue weighted by Gasteiger charge is 2.15. The van der Waals surface area contributed by atoms with Crippen LogP contribution in [0.5, 0.6) is 0 Å². The normalized spacial score (nSPS) is 15.8. The molecule has 1 aromatic rings. The van der Waals surface area contributed by atoms with Crippen LogP contribution in [0, 0.1) is 0 Å². The van der Waals surface area contributed by atoms with Crippen LogP contribution in [-0.2, 0) is 15.9 Å². The Morgan fingerprint density at radius 2 is 1.90 bits per heavy atom. The van der Waals surface area contributed by atoms with Gasteiger partial charge in [0.25, 0.3) is 0 Å². The van der Waals surface area contributed by atoms with Gasteiger partial charge in [-0.1, -0.05) is 0 Å². The lowest BCUT2D eigenvalue weighted by Gasteiger charge is -2.25. The monoisotopic (exact) mass is 409 g/mol. The van der Waals surface area contributed by atoms with E-state index in [9.17, 15) is 4.79 Å². The minimum atomic E-state index is -0.503. The lowest BCUT2D eigenvalue weighted by Crippen LogP contribution is -2.43. The van der Waals surface area contributed by atoms with Crippen LogP contribution in [0.1, 0.15) is 26.5 Å². The number of hydrogen-bond donors (Lipinski definition) is 3. The molecule has 0 saturated carbocycles. The number of carbonyl (C=O) groups is 1. The van der Waals surface area contributed by atoms with E-state index in [1.807, 2.05) is 32.9 Å². The number of ether oxygens (including phenoxy) is 2. The highest BCUT2D eigenvalue weighted by molar-refractivity contribution is 5.79. The van der Waals surface area contributed by atoms with E-state index >= 15 is 0 Å². The lowest BCUT2D eigenvalue weighted by atomic mass is 10.2. The number of hydrogen-bond acceptors (Lipinski definition) is 6. The second kappa shape index (κ2) is 12.3. The molecule has 0 bridgehead atoms. The molecule has 0 aliphatic carbocycles. The highest BCUT2D eigenvalue weighted by Crippen LogP contribution is 2.06. The summed E-state index contributed by atoms with van der Waals surface area (Å²) in [6.07, 6.45) is 2.02. The second-order valence-corrected chi connectivity index (χ2v) is 7.80. The second-order valence-electron chi connectivity index (χ2n) is 7.80. The molecular weight excluding hydrogens is 374 g/mol. The van der Waals surface area contributed by atoms with Gasteiger partial charge in [-0.25, -0.2) is 4.79 Å². The largest absolute Gasteiger partial charge is 0.469 e. The Morgan fingerprint density at radius 1 is 1.17 bits per heavy atom. The molecule has 2 heterocycles. The maximum atomic E-state index is 11.7. The van der Waals surface area contributed by atoms with E-state index < -0.39 is 11.7 Å². The van der Waals surface area contributed by atoms with Crippen molar-refractivity contribution < 1.29 is 18.7 Å². The van der Waals surface area contributed by atoms with Crippen LogP contribution in [0.25, 0.3) is 0 Å². The lowest BCUT2D eigenvalue weighted by molar-refractivity contribution is 0.0394. The van der Waals surface area contributed by atoms with Crippen LogP contribution < -0.4 is 16.0 Å². The zero-order valence-electron chi connectivity index (χ0n) is 17.8. The summed E-state index contributed by atoms with van der Waals surface area (Å²) >= 11 is 0. The Kier molecular flexibility index (Phi) is 9.79. The average molecular weight is 410 g/mol. The molecule has 29 heavy (non-hydrogen) atoms. The molecule has 9 heteroatoms. The summed E-state index contributed by atoms with van der Waals surface area (Å²) in [5, 5.41) is 9.30. The number of guanidine groups is 1. The molecule has 164 valence electrons. The highest BCUT2D eigenvalue weighted by atomic mass is 16.6. The SMILES string of the molecule is CC(C)(C)OC(=O)NCCNC(=NCCN1CCOCC1)NCCc1ccco1. The van der Waals surface area contributed by atoms with Gasteiger partial charge in [0, 0.05) is 45.7 Å². The summed E-state index contributed by atoms with van der Waals surface area (Å²) in [5.41, 5.74) is -0.503. The Morgan fingerprint density at radius 3 is 2.59 bits per heavy atom. The van der Waals surface area contributed by atoms with Gasteiger partial charge in [0.05, 0.1) is 26.0 Å². The number of alkyl carbamates (subject to hydrolysis) is 1. The molecule has 0 spiro atoms. The average Bonchev–Trinajstić information content (AvgIpc) is 3.17. The third-order valence-electron chi connectivity index (χ3n) is 4.12. The van der Waals surface area contributed by atoms with Crippen LogP contribution >= 0.6 is 0 Å². The first-order chi connectivity index (χ1) is 13.9. The molecule has 0 atom stereocenters. The van der Waals surface area contributed by atoms with Gasteiger partial charge in [0.1, 0.15) is 11.4 Å². The maximum Gasteiger partial charge on any atom is 0.407 e. The molecule has 2 rings (SSSR count). The molecule has 0 unspecified atom stereocenters. The number of aliphatic imine (C=N–C) groups is 1. The van der Waals surface area contributed by atoms with Crippen molar-refractivity contribution >= 4 is 12.1 Å². The molecule has 0 aromatic carbocycles. The number of carbonyl (C=O) groups excluding carboxylic acids is 1. The van der Waals surface area contributed by atoms with E-state index in [0.717, 1.165) is 51.0 Å². The minimum absolute atomic E-state index is 0.420. The van der Waals surface area contributed by atoms with Crippen LogP contribution in [-0.4, -0.2) is 81.6 Å². The topological polar surface area (TPSA) is 100 Å². The van der Waals surface area contributed by atoms with Crippen molar-refractivity contribution in [2.75, 3.05) is 59.0 Å². The number of furan rings is 1. The fourth-order valence-corrected chi connectivity index (χ4v) is 2.72. The summed E-state index contributed by atoms with van der Waals surface area (Å²) in [5.74, 6) is 1.65. The van der Waals surface area contributed by atoms with Crippen molar-refractivity contribution in [2.24, 2.45) is 4.99 Å². The first-order valence-electron chi connectivity index (χ1n) is 10.2. The zero-order chi connectivity index (χ0) is 21.0. The molecule has 1 fully saturated rings. The molecular formula is C20H35N5O4. The number of nitrogens with one attached hydrogen (secondary N) is 3. The molecule has 1 aromatic heterocycles. The standard InChI is InChI=1S/C20H35N5O4/c1-20(2,3)29-19(26)24-9-8-22-18(21-7-6-17-5-4-14-28-17)23-10-11-25-12-15-27-16-13-25/h4-5,14H,6-13,15-16H2,1-3H3,(H,24,26)(H2,21,22,23). The van der Waals surface area contributed by atoms with Gasteiger partial charge in [-0.2, -0.15) is 0 Å². The van der Waals surface area contributed by atoms with E-state index in [4.69, 9.17) is 13.9 Å². The molecule has 1 amide bonds. The summed E-state index contributed by atoms with van der Waals surface area (Å²) in [4.78, 5) is 18.7. The third-order valence-corrected chi connectivity index (χ3v) is 4.12. The van der Waals surface area contributed by atoms with E-state index in [1.165, 1.54) is 0 Å². The zero-order valence-corrected chi connectivity index (χ0v) is 17.8. The Labute approximate surface area is 173 Å². The van der Waals surface area contributed by atoms with Gasteiger partial charge in [-0.05, 0) is 32.9 Å². The molecule has 1 aliphatic rings. The van der Waals surface area contributed by atoms with Crippen molar-refractivity contribution in [3.05, 3.63) is 24.2 Å². The van der Waals surface area contributed by atoms with Crippen molar-refractivity contribution in [3.63, 3.8) is 0 Å². The fraction of sp³-hybridized carbons (Fsp3) is 0.700. The van der Waals surface area contributed by atoms with E-state index in [2.05, 4.69) is 25.8 Å². The molecule has 9 nitrogen and oxygen atoms in total. The smallest absolute Gasteiger partial charge is 0.407 e. The Balaban J connectivity index is 1.72. The first-order valence-corrected chi connectivity index (χ1v) is 10.2. The van der Waals surface area contributed by atoms with Crippen molar-refractivity contribution in [2.45, 2.75) is 32.8 Å². The number of morpholine rings is 1. The molecule has 1 aliphatic heterocycles. The van der Waals surface area contributed by atoms with Crippen molar-refractivity contribution in [1.29, 1.82) is 0 Å². The number of amides is 1. The van der Waals surface area contributed by atoms with Gasteiger partial charge < -0.3 is 29.8 Å². The summed E-state index contributed by atoms with van der Waals surface area (Å²) in [6.45, 7) is 12.3. The summed E-state index contributed by atoms with van der Waals surface area (Å²) in [6, 6.07) is 3.84. The molecule has 0 radical (unpaired) electrons. The first kappa shape index (κ1) is 23.0. The van der Waals surface area contributed by atoms with Gasteiger partial charge in [-0.15, -0.1) is 0 Å². The van der Waals surface area contributed by atoms with Crippen LogP contribution in [0.4, 0.5) is 4.79 Å². The van der Waals surface area contributed by atoms with Crippen LogP contribution in [0.3, 0.4) is 0 Å². The van der Waals surface area contributed by atoms with Crippen LogP contribution in [0.2, 0.25) is 0 Å². The van der Waals surface area contributed by atoms with Crippen LogP contribution in [0.15, 0.2) is 27.8 Å². The predicted molar refractivity (Wildman–Crippen MR) is 112 cm³/mol. The van der Waals surface area contributed by atoms with Gasteiger partial charge in [-0.3, -0.25) is 9.89 Å². The predicted octanol–water partition coefficient (Wildman–Crippen LogP) is 1.21. The molecule has 3 N–H and O–H groups in total. The molecule has 1 saturated heterocycles. The van der Waals surface area contributed by atoms with Crippen molar-refractivity contribution in [3.8, 4) is 0 Å². The maximum absolute atomic E-state index is 11.7. The number of nitrogens with zero attached hydrogens (tertiary/aromatic N) is 2. The van der Waals surface area contributed by atoms with Gasteiger partial charge >= 0.3 is 6.09 Å². The van der Waals surface area contributed by atoms with E-state index in [1.54, 1.807) is 6.26 Å². The third kappa shape index (κ3) is 10.7.